The van der Waals surface area contributed by atoms with Gasteiger partial charge in [-0.05, 0) is 92.0 Å². The molecule has 0 spiro atoms. The lowest BCUT2D eigenvalue weighted by Gasteiger charge is -2.46. The fraction of sp³-hybridized carbons (Fsp3) is 0.0769. The SMILES string of the molecule is CN1c2ccccc2C(c2ccccc2)(c2ccccc2)c2cc(-c3ccc4c(c3)C(c3ccccc3)(c3ccccc3)c3ccccc3N4C)ccc21. The summed E-state index contributed by atoms with van der Waals surface area (Å²) < 4.78 is 0. The van der Waals surface area contributed by atoms with Gasteiger partial charge in [-0.3, -0.25) is 0 Å². The predicted octanol–water partition coefficient (Wildman–Crippen LogP) is 12.3. The van der Waals surface area contributed by atoms with Crippen LogP contribution >= 0.6 is 0 Å². The molecular weight excluding hydrogens is 653 g/mol. The van der Waals surface area contributed by atoms with E-state index in [2.05, 4.69) is 230 Å². The minimum atomic E-state index is -0.526. The third-order valence-electron chi connectivity index (χ3n) is 12.0. The first kappa shape index (κ1) is 32.0. The van der Waals surface area contributed by atoms with Crippen LogP contribution in [-0.4, -0.2) is 14.1 Å². The third-order valence-corrected chi connectivity index (χ3v) is 12.0. The minimum absolute atomic E-state index is 0.526. The maximum Gasteiger partial charge on any atom is 0.0742 e. The van der Waals surface area contributed by atoms with Crippen molar-refractivity contribution in [3.8, 4) is 11.1 Å². The number of rotatable bonds is 5. The van der Waals surface area contributed by atoms with Gasteiger partial charge in [0.1, 0.15) is 0 Å². The normalized spacial score (nSPS) is 14.7. The average Bonchev–Trinajstić information content (AvgIpc) is 3.25. The summed E-state index contributed by atoms with van der Waals surface area (Å²) in [5.74, 6) is 0. The molecule has 0 aliphatic carbocycles. The number of benzene rings is 8. The van der Waals surface area contributed by atoms with Crippen molar-refractivity contribution in [2.45, 2.75) is 10.8 Å². The molecule has 0 radical (unpaired) electrons. The Morgan fingerprint density at radius 1 is 0.278 bits per heavy atom. The van der Waals surface area contributed by atoms with Crippen molar-refractivity contribution < 1.29 is 0 Å². The van der Waals surface area contributed by atoms with Gasteiger partial charge in [-0.1, -0.05) is 170 Å². The van der Waals surface area contributed by atoms with E-state index in [9.17, 15) is 0 Å². The van der Waals surface area contributed by atoms with Gasteiger partial charge in [0.2, 0.25) is 0 Å². The molecule has 0 amide bonds. The topological polar surface area (TPSA) is 6.48 Å². The molecular formula is C52H40N2. The molecule has 0 fully saturated rings. The molecule has 0 atom stereocenters. The zero-order valence-electron chi connectivity index (χ0n) is 30.5. The van der Waals surface area contributed by atoms with Crippen molar-refractivity contribution in [1.82, 2.24) is 0 Å². The number of hydrogen-bond donors (Lipinski definition) is 0. The smallest absolute Gasteiger partial charge is 0.0742 e. The second-order valence-electron chi connectivity index (χ2n) is 14.6. The van der Waals surface area contributed by atoms with Crippen LogP contribution in [0.2, 0.25) is 0 Å². The van der Waals surface area contributed by atoms with Gasteiger partial charge in [-0.25, -0.2) is 0 Å². The number of fused-ring (bicyclic) bond motifs is 4. The van der Waals surface area contributed by atoms with Crippen molar-refractivity contribution in [2.24, 2.45) is 0 Å². The van der Waals surface area contributed by atoms with E-state index in [4.69, 9.17) is 0 Å². The number of nitrogens with zero attached hydrogens (tertiary/aromatic N) is 2. The largest absolute Gasteiger partial charge is 0.344 e. The Morgan fingerprint density at radius 2 is 0.556 bits per heavy atom. The summed E-state index contributed by atoms with van der Waals surface area (Å²) in [5, 5.41) is 0. The lowest BCUT2D eigenvalue weighted by atomic mass is 9.61. The molecule has 0 saturated carbocycles. The Balaban J connectivity index is 1.27. The highest BCUT2D eigenvalue weighted by molar-refractivity contribution is 5.88. The first-order valence-corrected chi connectivity index (χ1v) is 18.8. The lowest BCUT2D eigenvalue weighted by Crippen LogP contribution is -2.38. The van der Waals surface area contributed by atoms with Gasteiger partial charge in [0.15, 0.2) is 0 Å². The second kappa shape index (κ2) is 12.5. The standard InChI is InChI=1S/C52H40N2/c1-53-47-29-17-15-27-43(47)51(39-19-7-3-8-20-39,40-21-9-4-10-22-40)45-35-37(31-33-49(45)53)38-32-34-50-46(36-38)52(41-23-11-5-12-24-41,42-25-13-6-14-26-42)44-28-16-18-30-48(44)54(50)2/h3-36H,1-2H3. The molecule has 0 aromatic heterocycles. The number of para-hydroxylation sites is 2. The molecule has 10 rings (SSSR count). The van der Waals surface area contributed by atoms with E-state index in [1.54, 1.807) is 0 Å². The Labute approximate surface area is 318 Å². The van der Waals surface area contributed by atoms with Crippen molar-refractivity contribution >= 4 is 22.7 Å². The highest BCUT2D eigenvalue weighted by Crippen LogP contribution is 2.58. The fourth-order valence-corrected chi connectivity index (χ4v) is 9.66. The summed E-state index contributed by atoms with van der Waals surface area (Å²) in [4.78, 5) is 4.74. The highest BCUT2D eigenvalue weighted by Gasteiger charge is 2.47. The number of hydrogen-bond acceptors (Lipinski definition) is 2. The summed E-state index contributed by atoms with van der Waals surface area (Å²) in [5.41, 5.74) is 16.3. The van der Waals surface area contributed by atoms with E-state index < -0.39 is 10.8 Å². The van der Waals surface area contributed by atoms with Crippen molar-refractivity contribution in [3.63, 3.8) is 0 Å². The molecule has 2 aliphatic heterocycles. The molecule has 2 heterocycles. The summed E-state index contributed by atoms with van der Waals surface area (Å²) >= 11 is 0. The van der Waals surface area contributed by atoms with Crippen LogP contribution in [0.4, 0.5) is 22.7 Å². The average molecular weight is 693 g/mol. The van der Waals surface area contributed by atoms with Gasteiger partial charge in [0, 0.05) is 36.8 Å². The van der Waals surface area contributed by atoms with Crippen molar-refractivity contribution in [2.75, 3.05) is 23.9 Å². The van der Waals surface area contributed by atoms with Crippen LogP contribution in [0.3, 0.4) is 0 Å². The molecule has 258 valence electrons. The molecule has 8 aromatic carbocycles. The van der Waals surface area contributed by atoms with Crippen LogP contribution in [0.1, 0.15) is 44.5 Å². The first-order chi connectivity index (χ1) is 26.6. The number of anilines is 4. The lowest BCUT2D eigenvalue weighted by molar-refractivity contribution is 0.726. The van der Waals surface area contributed by atoms with Crippen molar-refractivity contribution in [3.05, 3.63) is 251 Å². The van der Waals surface area contributed by atoms with Gasteiger partial charge in [-0.2, -0.15) is 0 Å². The zero-order chi connectivity index (χ0) is 36.3. The van der Waals surface area contributed by atoms with Gasteiger partial charge in [-0.15, -0.1) is 0 Å². The van der Waals surface area contributed by atoms with E-state index >= 15 is 0 Å². The Hall–Kier alpha value is -6.64. The van der Waals surface area contributed by atoms with Gasteiger partial charge < -0.3 is 9.80 Å². The molecule has 0 unspecified atom stereocenters. The molecule has 0 bridgehead atoms. The highest BCUT2D eigenvalue weighted by atomic mass is 15.1. The summed E-state index contributed by atoms with van der Waals surface area (Å²) in [6.07, 6.45) is 0. The second-order valence-corrected chi connectivity index (χ2v) is 14.6. The molecule has 0 N–H and O–H groups in total. The van der Waals surface area contributed by atoms with Gasteiger partial charge >= 0.3 is 0 Å². The Morgan fingerprint density at radius 3 is 0.889 bits per heavy atom. The van der Waals surface area contributed by atoms with Crippen LogP contribution in [0, 0.1) is 0 Å². The summed E-state index contributed by atoms with van der Waals surface area (Å²) in [6.45, 7) is 0. The van der Waals surface area contributed by atoms with Gasteiger partial charge in [0.25, 0.3) is 0 Å². The molecule has 8 aromatic rings. The van der Waals surface area contributed by atoms with Crippen LogP contribution in [0.15, 0.2) is 206 Å². The van der Waals surface area contributed by atoms with Crippen LogP contribution in [0.5, 0.6) is 0 Å². The maximum atomic E-state index is 2.47. The molecule has 2 heteroatoms. The fourth-order valence-electron chi connectivity index (χ4n) is 9.66. The molecule has 0 saturated heterocycles. The monoisotopic (exact) mass is 692 g/mol. The van der Waals surface area contributed by atoms with Crippen LogP contribution in [-0.2, 0) is 10.8 Å². The minimum Gasteiger partial charge on any atom is -0.344 e. The third kappa shape index (κ3) is 4.47. The Bertz CT molecular complexity index is 2370. The van der Waals surface area contributed by atoms with E-state index in [0.29, 0.717) is 0 Å². The zero-order valence-corrected chi connectivity index (χ0v) is 30.5. The van der Waals surface area contributed by atoms with Crippen LogP contribution < -0.4 is 9.80 Å². The quantitative estimate of drug-likeness (QED) is 0.177. The van der Waals surface area contributed by atoms with Crippen molar-refractivity contribution in [1.29, 1.82) is 0 Å². The predicted molar refractivity (Wildman–Crippen MR) is 225 cm³/mol. The van der Waals surface area contributed by atoms with E-state index in [1.807, 2.05) is 0 Å². The Kier molecular flexibility index (Phi) is 7.42. The molecule has 2 aliphatic rings. The van der Waals surface area contributed by atoms with Crippen LogP contribution in [0.25, 0.3) is 11.1 Å². The molecule has 54 heavy (non-hydrogen) atoms. The summed E-state index contributed by atoms with van der Waals surface area (Å²) in [6, 6.07) is 76.4. The molecule has 2 nitrogen and oxygen atoms in total. The maximum absolute atomic E-state index is 2.47. The van der Waals surface area contributed by atoms with E-state index in [1.165, 1.54) is 78.4 Å². The first-order valence-electron chi connectivity index (χ1n) is 18.8. The van der Waals surface area contributed by atoms with Gasteiger partial charge in [0.05, 0.1) is 10.8 Å². The summed E-state index contributed by atoms with van der Waals surface area (Å²) in [7, 11) is 4.41. The van der Waals surface area contributed by atoms with E-state index in [0.717, 1.165) is 0 Å². The van der Waals surface area contributed by atoms with E-state index in [-0.39, 0.29) is 0 Å².